The van der Waals surface area contributed by atoms with Crippen LogP contribution in [0.15, 0.2) is 12.7 Å². The van der Waals surface area contributed by atoms with Gasteiger partial charge in [0, 0.05) is 13.0 Å². The molecule has 2 aliphatic rings. The number of amides is 2. The summed E-state index contributed by atoms with van der Waals surface area (Å²) in [6.45, 7) is 4.18. The van der Waals surface area contributed by atoms with Crippen molar-refractivity contribution in [3.8, 4) is 0 Å². The summed E-state index contributed by atoms with van der Waals surface area (Å²) in [5.41, 5.74) is 0. The van der Waals surface area contributed by atoms with Gasteiger partial charge in [0.05, 0.1) is 12.6 Å². The third-order valence-corrected chi connectivity index (χ3v) is 2.66. The second kappa shape index (κ2) is 3.54. The van der Waals surface area contributed by atoms with Crippen molar-refractivity contribution in [3.63, 3.8) is 0 Å². The molecule has 2 atom stereocenters. The fraction of sp³-hybridized carbons (Fsp3) is 0.556. The van der Waals surface area contributed by atoms with Crippen LogP contribution in [-0.4, -0.2) is 52.3 Å². The molecule has 2 saturated heterocycles. The highest BCUT2D eigenvalue weighted by atomic mass is 16.7. The highest BCUT2D eigenvalue weighted by molar-refractivity contribution is 5.85. The van der Waals surface area contributed by atoms with Crippen molar-refractivity contribution in [2.45, 2.75) is 18.5 Å². The summed E-state index contributed by atoms with van der Waals surface area (Å²) in [4.78, 5) is 28.9. The summed E-state index contributed by atoms with van der Waals surface area (Å²) in [5.74, 6) is -0.950. The van der Waals surface area contributed by atoms with Gasteiger partial charge in [0.1, 0.15) is 6.04 Å². The van der Waals surface area contributed by atoms with Gasteiger partial charge < -0.3 is 10.0 Å². The Morgan fingerprint density at radius 3 is 3.00 bits per heavy atom. The molecule has 0 aromatic heterocycles. The van der Waals surface area contributed by atoms with Crippen molar-refractivity contribution in [1.82, 2.24) is 9.96 Å². The Balaban J connectivity index is 2.04. The first-order chi connectivity index (χ1) is 7.15. The van der Waals surface area contributed by atoms with Crippen LogP contribution in [0, 0.1) is 0 Å². The first-order valence-electron chi connectivity index (χ1n) is 4.71. The quantitative estimate of drug-likeness (QED) is 0.669. The summed E-state index contributed by atoms with van der Waals surface area (Å²) < 4.78 is 0. The number of nitrogens with zero attached hydrogens (tertiary/aromatic N) is 2. The van der Waals surface area contributed by atoms with E-state index in [0.717, 1.165) is 0 Å². The highest BCUT2D eigenvalue weighted by Gasteiger charge is 2.51. The second-order valence-corrected chi connectivity index (χ2v) is 3.59. The van der Waals surface area contributed by atoms with Gasteiger partial charge >= 0.3 is 12.0 Å². The van der Waals surface area contributed by atoms with Crippen LogP contribution in [0.25, 0.3) is 0 Å². The van der Waals surface area contributed by atoms with Gasteiger partial charge in [-0.25, -0.2) is 9.59 Å². The maximum atomic E-state index is 11.6. The van der Waals surface area contributed by atoms with E-state index in [4.69, 9.17) is 9.94 Å². The van der Waals surface area contributed by atoms with Gasteiger partial charge in [0.2, 0.25) is 0 Å². The number of aliphatic carboxylic acids is 1. The molecule has 0 aromatic rings. The zero-order chi connectivity index (χ0) is 11.0. The largest absolute Gasteiger partial charge is 0.480 e. The lowest BCUT2D eigenvalue weighted by atomic mass is 10.1. The van der Waals surface area contributed by atoms with E-state index >= 15 is 0 Å². The molecule has 82 valence electrons. The van der Waals surface area contributed by atoms with Crippen molar-refractivity contribution in [1.29, 1.82) is 0 Å². The number of fused-ring (bicyclic) bond motifs is 2. The highest BCUT2D eigenvalue weighted by Crippen LogP contribution is 2.31. The Morgan fingerprint density at radius 1 is 1.73 bits per heavy atom. The third-order valence-electron chi connectivity index (χ3n) is 2.66. The number of carbonyl (C=O) groups excluding carboxylic acids is 1. The van der Waals surface area contributed by atoms with Crippen molar-refractivity contribution < 1.29 is 19.5 Å². The molecule has 6 nitrogen and oxygen atoms in total. The summed E-state index contributed by atoms with van der Waals surface area (Å²) in [6.07, 6.45) is 1.97. The molecule has 0 aromatic carbocycles. The smallest absolute Gasteiger partial charge is 0.345 e. The van der Waals surface area contributed by atoms with Gasteiger partial charge in [0.15, 0.2) is 0 Å². The molecule has 15 heavy (non-hydrogen) atoms. The molecule has 2 amide bonds. The number of urea groups is 1. The minimum Gasteiger partial charge on any atom is -0.480 e. The third kappa shape index (κ3) is 1.46. The molecule has 0 aliphatic carbocycles. The van der Waals surface area contributed by atoms with E-state index in [-0.39, 0.29) is 18.7 Å². The molecule has 0 spiro atoms. The number of hydrogen-bond donors (Lipinski definition) is 1. The Bertz CT molecular complexity index is 317. The average molecular weight is 212 g/mol. The fourth-order valence-corrected chi connectivity index (χ4v) is 2.01. The lowest BCUT2D eigenvalue weighted by Crippen LogP contribution is -2.48. The van der Waals surface area contributed by atoms with Gasteiger partial charge in [-0.3, -0.25) is 4.84 Å². The molecule has 0 saturated carbocycles. The summed E-state index contributed by atoms with van der Waals surface area (Å²) in [7, 11) is 0. The minimum absolute atomic E-state index is 0.140. The van der Waals surface area contributed by atoms with Gasteiger partial charge in [-0.1, -0.05) is 6.08 Å². The van der Waals surface area contributed by atoms with Crippen LogP contribution >= 0.6 is 0 Å². The molecular formula is C9H12N2O4. The van der Waals surface area contributed by atoms with E-state index in [9.17, 15) is 9.59 Å². The van der Waals surface area contributed by atoms with Crippen LogP contribution in [0.4, 0.5) is 4.79 Å². The first kappa shape index (κ1) is 9.97. The van der Waals surface area contributed by atoms with E-state index < -0.39 is 12.0 Å². The van der Waals surface area contributed by atoms with Gasteiger partial charge in [-0.05, 0) is 0 Å². The molecule has 2 heterocycles. The molecular weight excluding hydrogens is 200 g/mol. The zero-order valence-corrected chi connectivity index (χ0v) is 8.13. The standard InChI is InChI=1S/C9H12N2O4/c1-2-3-15-11-6-4-7(8(12)13)10(5-6)9(11)14/h2,6-7H,1,3-5H2,(H,12,13)/t6-,7-/m1/s1. The number of hydrogen-bond acceptors (Lipinski definition) is 3. The molecule has 2 aliphatic heterocycles. The van der Waals surface area contributed by atoms with Crippen molar-refractivity contribution in [2.24, 2.45) is 0 Å². The summed E-state index contributed by atoms with van der Waals surface area (Å²) in [5, 5.41) is 10.1. The van der Waals surface area contributed by atoms with Gasteiger partial charge in [0.25, 0.3) is 0 Å². The van der Waals surface area contributed by atoms with Crippen molar-refractivity contribution in [2.75, 3.05) is 13.2 Å². The maximum Gasteiger partial charge on any atom is 0.345 e. The fourth-order valence-electron chi connectivity index (χ4n) is 2.01. The first-order valence-corrected chi connectivity index (χ1v) is 4.71. The Morgan fingerprint density at radius 2 is 2.47 bits per heavy atom. The predicted molar refractivity (Wildman–Crippen MR) is 49.9 cm³/mol. The lowest BCUT2D eigenvalue weighted by Gasteiger charge is -2.28. The minimum atomic E-state index is -0.950. The Hall–Kier alpha value is -1.56. The second-order valence-electron chi connectivity index (χ2n) is 3.59. The van der Waals surface area contributed by atoms with Crippen LogP contribution in [0.5, 0.6) is 0 Å². The van der Waals surface area contributed by atoms with Crippen LogP contribution in [0.3, 0.4) is 0 Å². The average Bonchev–Trinajstić information content (AvgIpc) is 2.73. The van der Waals surface area contributed by atoms with E-state index in [0.29, 0.717) is 13.0 Å². The van der Waals surface area contributed by atoms with Crippen LogP contribution in [0.1, 0.15) is 6.42 Å². The molecule has 0 radical (unpaired) electrons. The van der Waals surface area contributed by atoms with Gasteiger partial charge in [-0.2, -0.15) is 5.06 Å². The molecule has 0 unspecified atom stereocenters. The Kier molecular flexibility index (Phi) is 2.36. The van der Waals surface area contributed by atoms with Crippen LogP contribution < -0.4 is 0 Å². The van der Waals surface area contributed by atoms with Crippen LogP contribution in [0.2, 0.25) is 0 Å². The van der Waals surface area contributed by atoms with E-state index in [1.165, 1.54) is 9.96 Å². The molecule has 2 bridgehead atoms. The van der Waals surface area contributed by atoms with E-state index in [2.05, 4.69) is 6.58 Å². The number of carboxylic acid groups (broad SMARTS) is 1. The number of hydroxylamine groups is 2. The number of rotatable bonds is 4. The van der Waals surface area contributed by atoms with E-state index in [1.807, 2.05) is 0 Å². The van der Waals surface area contributed by atoms with Crippen LogP contribution in [-0.2, 0) is 9.63 Å². The van der Waals surface area contributed by atoms with Gasteiger partial charge in [-0.15, -0.1) is 6.58 Å². The topological polar surface area (TPSA) is 70.1 Å². The summed E-state index contributed by atoms with van der Waals surface area (Å²) >= 11 is 0. The molecule has 2 rings (SSSR count). The lowest BCUT2D eigenvalue weighted by molar-refractivity contribution is -0.148. The Labute approximate surface area is 86.7 Å². The van der Waals surface area contributed by atoms with Crippen molar-refractivity contribution in [3.05, 3.63) is 12.7 Å². The number of carbonyl (C=O) groups is 2. The SMILES string of the molecule is C=CCON1C(=O)N2C[C@H]1C[C@@H]2C(=O)O. The van der Waals surface area contributed by atoms with Crippen molar-refractivity contribution >= 4 is 12.0 Å². The normalized spacial score (nSPS) is 28.7. The molecule has 1 N–H and O–H groups in total. The van der Waals surface area contributed by atoms with E-state index in [1.54, 1.807) is 6.08 Å². The molecule has 6 heteroatoms. The maximum absolute atomic E-state index is 11.6. The number of carboxylic acids is 1. The zero-order valence-electron chi connectivity index (χ0n) is 8.13. The predicted octanol–water partition coefficient (Wildman–Crippen LogP) is 0.0671. The summed E-state index contributed by atoms with van der Waals surface area (Å²) in [6, 6.07) is -1.19. The molecule has 2 fully saturated rings. The monoisotopic (exact) mass is 212 g/mol.